The highest BCUT2D eigenvalue weighted by Gasteiger charge is 2.78. The van der Waals surface area contributed by atoms with Crippen LogP contribution in [-0.4, -0.2) is 30.2 Å². The minimum atomic E-state index is -7.15. The van der Waals surface area contributed by atoms with Crippen molar-refractivity contribution >= 4 is 0 Å². The zero-order valence-corrected chi connectivity index (χ0v) is 10.6. The van der Waals surface area contributed by atoms with Gasteiger partial charge in [-0.2, -0.15) is 43.9 Å². The zero-order valence-electron chi connectivity index (χ0n) is 10.6. The maximum absolute atomic E-state index is 13.7. The number of hydrogen-bond acceptors (Lipinski definition) is 4. The van der Waals surface area contributed by atoms with Crippen LogP contribution >= 0.6 is 0 Å². The van der Waals surface area contributed by atoms with Gasteiger partial charge < -0.3 is 8.83 Å². The second kappa shape index (κ2) is 5.63. The molecule has 0 aromatic carbocycles. The van der Waals surface area contributed by atoms with Gasteiger partial charge in [-0.25, -0.2) is 9.18 Å². The van der Waals surface area contributed by atoms with Crippen molar-refractivity contribution in [3.8, 4) is 0 Å². The van der Waals surface area contributed by atoms with Crippen molar-refractivity contribution in [2.45, 2.75) is 36.7 Å². The molecule has 0 saturated carbocycles. The van der Waals surface area contributed by atoms with Crippen molar-refractivity contribution in [2.24, 2.45) is 0 Å². The van der Waals surface area contributed by atoms with Gasteiger partial charge in [-0.05, 0) is 0 Å². The predicted molar refractivity (Wildman–Crippen MR) is 47.9 cm³/mol. The van der Waals surface area contributed by atoms with E-state index in [4.69, 9.17) is 0 Å². The third-order valence-electron chi connectivity index (χ3n) is 2.34. The molecule has 1 unspecified atom stereocenters. The van der Waals surface area contributed by atoms with Gasteiger partial charge in [-0.1, -0.05) is 0 Å². The maximum atomic E-state index is 13.7. The van der Waals surface area contributed by atoms with Crippen LogP contribution in [0.2, 0.25) is 0 Å². The molecule has 0 aliphatic carbocycles. The van der Waals surface area contributed by atoms with Crippen molar-refractivity contribution in [1.82, 2.24) is 0 Å². The number of alkyl halides is 11. The third kappa shape index (κ3) is 3.64. The van der Waals surface area contributed by atoms with E-state index >= 15 is 0 Å². The Morgan fingerprint density at radius 2 is 1.38 bits per heavy atom. The molecule has 0 spiro atoms. The summed E-state index contributed by atoms with van der Waals surface area (Å²) in [5, 5.41) is 0. The normalized spacial score (nSPS) is 17.0. The van der Waals surface area contributed by atoms with Crippen LogP contribution in [0.15, 0.2) is 19.9 Å². The summed E-state index contributed by atoms with van der Waals surface area (Å²) in [6.07, 6.45) is -23.0. The SMILES string of the molecule is O=c1occ(CC(F)(OC(F)(F)C(F)(F)C(F)(F)F)C(F)(F)F)o1. The Balaban J connectivity index is 3.25. The summed E-state index contributed by atoms with van der Waals surface area (Å²) in [6.45, 7) is 0. The van der Waals surface area contributed by atoms with Crippen molar-refractivity contribution in [2.75, 3.05) is 0 Å². The lowest BCUT2D eigenvalue weighted by Gasteiger charge is -2.34. The van der Waals surface area contributed by atoms with Crippen LogP contribution in [0.5, 0.6) is 0 Å². The van der Waals surface area contributed by atoms with Gasteiger partial charge in [0.15, 0.2) is 5.76 Å². The molecule has 0 amide bonds. The van der Waals surface area contributed by atoms with E-state index in [9.17, 15) is 53.1 Å². The van der Waals surface area contributed by atoms with Crippen LogP contribution in [-0.2, 0) is 11.2 Å². The zero-order chi connectivity index (χ0) is 19.2. The van der Waals surface area contributed by atoms with Gasteiger partial charge in [-0.15, -0.1) is 0 Å². The van der Waals surface area contributed by atoms with Gasteiger partial charge in [0, 0.05) is 0 Å². The highest BCUT2D eigenvalue weighted by Crippen LogP contribution is 2.51. The molecule has 0 saturated heterocycles. The van der Waals surface area contributed by atoms with E-state index in [2.05, 4.69) is 13.6 Å². The average molecular weight is 384 g/mol. The number of halogens is 11. The highest BCUT2D eigenvalue weighted by molar-refractivity contribution is 4.97. The summed E-state index contributed by atoms with van der Waals surface area (Å²) < 4.78 is 147. The van der Waals surface area contributed by atoms with Gasteiger partial charge in [0.25, 0.3) is 0 Å². The Hall–Kier alpha value is -1.80. The molecule has 0 bridgehead atoms. The van der Waals surface area contributed by atoms with Gasteiger partial charge in [0.05, 0.1) is 6.42 Å². The highest BCUT2D eigenvalue weighted by atomic mass is 19.4. The van der Waals surface area contributed by atoms with Crippen LogP contribution < -0.4 is 5.82 Å². The average Bonchev–Trinajstić information content (AvgIpc) is 2.70. The monoisotopic (exact) mass is 384 g/mol. The van der Waals surface area contributed by atoms with E-state index in [0.29, 0.717) is 0 Å². The van der Waals surface area contributed by atoms with Gasteiger partial charge in [-0.3, -0.25) is 4.74 Å². The molecule has 0 N–H and O–H groups in total. The first-order valence-corrected chi connectivity index (χ1v) is 5.29. The molecule has 1 heterocycles. The molecule has 0 aliphatic heterocycles. The fourth-order valence-electron chi connectivity index (χ4n) is 1.20. The van der Waals surface area contributed by atoms with E-state index in [0.717, 1.165) is 0 Å². The molecule has 0 radical (unpaired) electrons. The van der Waals surface area contributed by atoms with E-state index in [1.807, 2.05) is 0 Å². The summed E-state index contributed by atoms with van der Waals surface area (Å²) in [6, 6.07) is 0. The van der Waals surface area contributed by atoms with Gasteiger partial charge >= 0.3 is 36.1 Å². The first-order valence-electron chi connectivity index (χ1n) is 5.29. The summed E-state index contributed by atoms with van der Waals surface area (Å²) in [7, 11) is 0. The quantitative estimate of drug-likeness (QED) is 0.725. The van der Waals surface area contributed by atoms with Crippen molar-refractivity contribution in [1.29, 1.82) is 0 Å². The minimum absolute atomic E-state index is 0.00813. The molecule has 0 aliphatic rings. The summed E-state index contributed by atoms with van der Waals surface area (Å²) in [5.74, 6) is -16.1. The molecule has 140 valence electrons. The molecule has 24 heavy (non-hydrogen) atoms. The Bertz CT molecular complexity index is 624. The maximum Gasteiger partial charge on any atom is 0.518 e. The molecule has 4 nitrogen and oxygen atoms in total. The van der Waals surface area contributed by atoms with Crippen molar-refractivity contribution in [3.05, 3.63) is 22.6 Å². The summed E-state index contributed by atoms with van der Waals surface area (Å²) in [4.78, 5) is 10.4. The Labute approximate surface area is 122 Å². The third-order valence-corrected chi connectivity index (χ3v) is 2.34. The summed E-state index contributed by atoms with van der Waals surface area (Å²) >= 11 is 0. The van der Waals surface area contributed by atoms with Gasteiger partial charge in [0.1, 0.15) is 6.26 Å². The van der Waals surface area contributed by atoms with Crippen LogP contribution in [0, 0.1) is 0 Å². The second-order valence-corrected chi connectivity index (χ2v) is 4.15. The van der Waals surface area contributed by atoms with Gasteiger partial charge in [0.2, 0.25) is 0 Å². The predicted octanol–water partition coefficient (Wildman–Crippen LogP) is 3.81. The van der Waals surface area contributed by atoms with Crippen molar-refractivity contribution < 1.29 is 61.9 Å². The lowest BCUT2D eigenvalue weighted by molar-refractivity contribution is -0.482. The van der Waals surface area contributed by atoms with Crippen LogP contribution in [0.1, 0.15) is 5.76 Å². The Morgan fingerprint density at radius 1 is 0.875 bits per heavy atom. The van der Waals surface area contributed by atoms with Crippen molar-refractivity contribution in [3.63, 3.8) is 0 Å². The Morgan fingerprint density at radius 3 is 1.71 bits per heavy atom. The first-order chi connectivity index (χ1) is 10.4. The largest absolute Gasteiger partial charge is 0.518 e. The lowest BCUT2D eigenvalue weighted by Crippen LogP contribution is -2.59. The number of hydrogen-bond donors (Lipinski definition) is 0. The van der Waals surface area contributed by atoms with E-state index in [1.165, 1.54) is 0 Å². The molecule has 15 heteroatoms. The minimum Gasteiger partial charge on any atom is -0.399 e. The van der Waals surface area contributed by atoms with E-state index in [1.54, 1.807) is 0 Å². The van der Waals surface area contributed by atoms with E-state index in [-0.39, 0.29) is 6.26 Å². The summed E-state index contributed by atoms with van der Waals surface area (Å²) in [5.41, 5.74) is 0. The molecule has 1 atom stereocenters. The first kappa shape index (κ1) is 20.2. The fourth-order valence-corrected chi connectivity index (χ4v) is 1.20. The number of rotatable bonds is 5. The molecule has 0 fully saturated rings. The second-order valence-electron chi connectivity index (χ2n) is 4.15. The molecular weight excluding hydrogens is 381 g/mol. The molecule has 1 aromatic rings. The topological polar surface area (TPSA) is 52.6 Å². The van der Waals surface area contributed by atoms with Crippen LogP contribution in [0.4, 0.5) is 48.3 Å². The Kier molecular flexibility index (Phi) is 4.75. The molecule has 1 aromatic heterocycles. The molecule has 1 rings (SSSR count). The lowest BCUT2D eigenvalue weighted by atomic mass is 10.1. The number of ether oxygens (including phenoxy) is 1. The van der Waals surface area contributed by atoms with Crippen LogP contribution in [0.25, 0.3) is 0 Å². The van der Waals surface area contributed by atoms with E-state index < -0.39 is 48.2 Å². The standard InChI is InChI=1S/C9H3F11O4/c10-5(7(13,14)15,1-3-2-22-4(21)23-3)24-9(19,20)6(11,12)8(16,17)18/h2H,1H2. The smallest absolute Gasteiger partial charge is 0.399 e. The fraction of sp³-hybridized carbons (Fsp3) is 0.667. The van der Waals surface area contributed by atoms with Crippen LogP contribution in [0.3, 0.4) is 0 Å². The molecular formula is C9H3F11O4.